The number of carbonyl (C=O) groups excluding carboxylic acids is 1. The highest BCUT2D eigenvalue weighted by molar-refractivity contribution is 6.30. The van der Waals surface area contributed by atoms with Gasteiger partial charge in [-0.15, -0.1) is 23.2 Å². The highest BCUT2D eigenvalue weighted by Crippen LogP contribution is 2.46. The zero-order valence-corrected chi connectivity index (χ0v) is 15.9. The molecule has 4 unspecified atom stereocenters. The second-order valence-corrected chi connectivity index (χ2v) is 8.43. The lowest BCUT2D eigenvalue weighted by atomic mass is 9.66. The number of amides is 1. The van der Waals surface area contributed by atoms with Crippen LogP contribution in [0.1, 0.15) is 45.1 Å². The molecule has 1 saturated heterocycles. The number of anilines is 1. The Labute approximate surface area is 154 Å². The highest BCUT2D eigenvalue weighted by Gasteiger charge is 2.49. The molecule has 1 aliphatic heterocycles. The third kappa shape index (κ3) is 3.44. The smallest absolute Gasteiger partial charge is 0.221 e. The van der Waals surface area contributed by atoms with E-state index >= 15 is 0 Å². The molecule has 1 aromatic rings. The van der Waals surface area contributed by atoms with E-state index in [-0.39, 0.29) is 28.1 Å². The Bertz CT molecular complexity index is 584. The van der Waals surface area contributed by atoms with E-state index in [2.05, 4.69) is 29.3 Å². The lowest BCUT2D eigenvalue weighted by molar-refractivity contribution is -0.114. The van der Waals surface area contributed by atoms with Crippen LogP contribution >= 0.6 is 23.2 Å². The normalized spacial score (nSPS) is 34.2. The summed E-state index contributed by atoms with van der Waals surface area (Å²) in [4.78, 5) is 13.8. The number of alkyl halides is 2. The molecule has 0 radical (unpaired) electrons. The molecule has 1 amide bonds. The molecule has 1 saturated carbocycles. The summed E-state index contributed by atoms with van der Waals surface area (Å²) in [7, 11) is 0. The minimum Gasteiger partial charge on any atom is -0.326 e. The maximum atomic E-state index is 11.2. The molecule has 4 atom stereocenters. The van der Waals surface area contributed by atoms with Gasteiger partial charge in [-0.2, -0.15) is 0 Å². The molecule has 1 heterocycles. The molecule has 1 aliphatic carbocycles. The fourth-order valence-corrected chi connectivity index (χ4v) is 5.18. The first-order chi connectivity index (χ1) is 11.4. The van der Waals surface area contributed by atoms with Crippen molar-refractivity contribution >= 4 is 34.8 Å². The van der Waals surface area contributed by atoms with Gasteiger partial charge in [-0.3, -0.25) is 9.69 Å². The Balaban J connectivity index is 1.90. The van der Waals surface area contributed by atoms with Gasteiger partial charge in [-0.25, -0.2) is 0 Å². The van der Waals surface area contributed by atoms with Crippen molar-refractivity contribution in [2.75, 3.05) is 18.4 Å². The Hall–Kier alpha value is -0.770. The third-order valence-electron chi connectivity index (χ3n) is 5.64. The fraction of sp³-hybridized carbons (Fsp3) is 0.632. The average Bonchev–Trinajstić information content (AvgIpc) is 3.05. The molecule has 5 heteroatoms. The molecule has 0 spiro atoms. The largest absolute Gasteiger partial charge is 0.326 e. The van der Waals surface area contributed by atoms with Crippen LogP contribution in [0.2, 0.25) is 0 Å². The Morgan fingerprint density at radius 1 is 1.21 bits per heavy atom. The minimum absolute atomic E-state index is 0.0170. The van der Waals surface area contributed by atoms with Crippen LogP contribution in [0.3, 0.4) is 0 Å². The van der Waals surface area contributed by atoms with Gasteiger partial charge < -0.3 is 5.32 Å². The first kappa shape index (κ1) is 18.0. The van der Waals surface area contributed by atoms with E-state index in [1.54, 1.807) is 0 Å². The molecular formula is C19H26Cl2N2O. The van der Waals surface area contributed by atoms with Crippen molar-refractivity contribution in [2.45, 2.75) is 61.7 Å². The number of hydrogen-bond acceptors (Lipinski definition) is 2. The van der Waals surface area contributed by atoms with E-state index in [0.717, 1.165) is 31.6 Å². The van der Waals surface area contributed by atoms with Crippen LogP contribution in [0.4, 0.5) is 5.69 Å². The quantitative estimate of drug-likeness (QED) is 0.803. The van der Waals surface area contributed by atoms with Gasteiger partial charge in [0.2, 0.25) is 5.91 Å². The van der Waals surface area contributed by atoms with E-state index < -0.39 is 0 Å². The van der Waals surface area contributed by atoms with Gasteiger partial charge >= 0.3 is 0 Å². The van der Waals surface area contributed by atoms with Crippen LogP contribution < -0.4 is 5.32 Å². The van der Waals surface area contributed by atoms with E-state index in [1.807, 2.05) is 12.1 Å². The second-order valence-electron chi connectivity index (χ2n) is 7.36. The molecule has 24 heavy (non-hydrogen) atoms. The van der Waals surface area contributed by atoms with Crippen molar-refractivity contribution in [1.82, 2.24) is 4.90 Å². The number of nitrogens with one attached hydrogen (secondary N) is 1. The Morgan fingerprint density at radius 2 is 1.83 bits per heavy atom. The number of carbonyl (C=O) groups is 1. The van der Waals surface area contributed by atoms with Gasteiger partial charge in [-0.05, 0) is 56.5 Å². The summed E-state index contributed by atoms with van der Waals surface area (Å²) in [5, 5.41) is 2.82. The summed E-state index contributed by atoms with van der Waals surface area (Å²) in [6.07, 6.45) is 4.45. The molecule has 1 aromatic carbocycles. The van der Waals surface area contributed by atoms with Gasteiger partial charge in [-0.1, -0.05) is 19.1 Å². The zero-order valence-electron chi connectivity index (χ0n) is 14.4. The summed E-state index contributed by atoms with van der Waals surface area (Å²) in [5.74, 6) is -0.0487. The highest BCUT2D eigenvalue weighted by atomic mass is 35.5. The van der Waals surface area contributed by atoms with Gasteiger partial charge in [0.25, 0.3) is 0 Å². The van der Waals surface area contributed by atoms with Crippen LogP contribution in [-0.4, -0.2) is 40.7 Å². The number of rotatable bonds is 3. The third-order valence-corrected chi connectivity index (χ3v) is 6.80. The van der Waals surface area contributed by atoms with Crippen LogP contribution in [0.15, 0.2) is 24.3 Å². The van der Waals surface area contributed by atoms with Crippen molar-refractivity contribution in [3.63, 3.8) is 0 Å². The summed E-state index contributed by atoms with van der Waals surface area (Å²) >= 11 is 13.3. The van der Waals surface area contributed by atoms with E-state index in [4.69, 9.17) is 23.2 Å². The topological polar surface area (TPSA) is 32.3 Å². The first-order valence-corrected chi connectivity index (χ1v) is 9.69. The van der Waals surface area contributed by atoms with Gasteiger partial charge in [0.1, 0.15) is 0 Å². The minimum atomic E-state index is -0.0487. The van der Waals surface area contributed by atoms with Gasteiger partial charge in [0, 0.05) is 24.1 Å². The summed E-state index contributed by atoms with van der Waals surface area (Å²) in [5.41, 5.74) is 2.10. The summed E-state index contributed by atoms with van der Waals surface area (Å²) in [6.45, 7) is 6.06. The molecule has 2 aliphatic rings. The molecule has 132 valence electrons. The van der Waals surface area contributed by atoms with Gasteiger partial charge in [0.05, 0.1) is 10.8 Å². The predicted molar refractivity (Wildman–Crippen MR) is 101 cm³/mol. The summed E-state index contributed by atoms with van der Waals surface area (Å²) in [6, 6.07) is 8.49. The molecule has 0 bridgehead atoms. The van der Waals surface area contributed by atoms with Crippen LogP contribution in [0.5, 0.6) is 0 Å². The van der Waals surface area contributed by atoms with Crippen molar-refractivity contribution in [3.05, 3.63) is 29.8 Å². The molecule has 2 fully saturated rings. The van der Waals surface area contributed by atoms with Crippen LogP contribution in [0.25, 0.3) is 0 Å². The lowest BCUT2D eigenvalue weighted by Crippen LogP contribution is -2.58. The lowest BCUT2D eigenvalue weighted by Gasteiger charge is -2.50. The monoisotopic (exact) mass is 368 g/mol. The first-order valence-electron chi connectivity index (χ1n) is 8.82. The summed E-state index contributed by atoms with van der Waals surface area (Å²) < 4.78 is 0. The van der Waals surface area contributed by atoms with Crippen molar-refractivity contribution < 1.29 is 4.79 Å². The Morgan fingerprint density at radius 3 is 2.42 bits per heavy atom. The number of nitrogens with zero attached hydrogens (tertiary/aromatic N) is 1. The number of hydrogen-bond donors (Lipinski definition) is 1. The van der Waals surface area contributed by atoms with Crippen LogP contribution in [0, 0.1) is 0 Å². The molecule has 3 rings (SSSR count). The van der Waals surface area contributed by atoms with Crippen molar-refractivity contribution in [1.29, 1.82) is 0 Å². The van der Waals surface area contributed by atoms with Crippen LogP contribution in [-0.2, 0) is 10.2 Å². The zero-order chi connectivity index (χ0) is 17.3. The van der Waals surface area contributed by atoms with Crippen molar-refractivity contribution in [3.8, 4) is 0 Å². The van der Waals surface area contributed by atoms with Crippen molar-refractivity contribution in [2.24, 2.45) is 0 Å². The molecule has 1 N–H and O–H groups in total. The van der Waals surface area contributed by atoms with E-state index in [0.29, 0.717) is 0 Å². The van der Waals surface area contributed by atoms with E-state index in [1.165, 1.54) is 25.3 Å². The second kappa shape index (κ2) is 7.23. The molecular weight excluding hydrogens is 343 g/mol. The number of benzene rings is 1. The Kier molecular flexibility index (Phi) is 5.43. The van der Waals surface area contributed by atoms with Gasteiger partial charge in [0.15, 0.2) is 0 Å². The maximum Gasteiger partial charge on any atom is 0.221 e. The molecule has 3 nitrogen and oxygen atoms in total. The SMILES string of the molecule is CC(=O)Nc1ccc(C2(C)CCC(Cl)C(Cl)C2N2CCCC2)cc1. The fourth-order valence-electron chi connectivity index (χ4n) is 4.37. The number of likely N-dealkylation sites (tertiary alicyclic amines) is 1. The average molecular weight is 369 g/mol. The molecule has 0 aromatic heterocycles. The number of halogens is 2. The van der Waals surface area contributed by atoms with E-state index in [9.17, 15) is 4.79 Å². The maximum absolute atomic E-state index is 11.2. The standard InChI is InChI=1S/C19H26Cl2N2O/c1-13(24)22-15-7-5-14(6-8-15)19(2)10-9-16(20)17(21)18(19)23-11-3-4-12-23/h5-8,16-18H,3-4,9-12H2,1-2H3,(H,22,24). The predicted octanol–water partition coefficient (Wildman–Crippen LogP) is 4.38.